The van der Waals surface area contributed by atoms with Crippen molar-refractivity contribution in [3.05, 3.63) is 29.8 Å². The Balaban J connectivity index is 1.58. The molecule has 1 aliphatic heterocycles. The Bertz CT molecular complexity index is 677. The van der Waals surface area contributed by atoms with E-state index in [0.29, 0.717) is 36.9 Å². The number of hydrogen-bond donors (Lipinski definition) is 3. The lowest BCUT2D eigenvalue weighted by Crippen LogP contribution is -2.41. The predicted molar refractivity (Wildman–Crippen MR) is 97.1 cm³/mol. The smallest absolute Gasteiger partial charge is 0.319 e. The number of carbonyl (C=O) groups is 3. The molecule has 3 rings (SSSR count). The zero-order valence-electron chi connectivity index (χ0n) is 14.7. The number of amides is 3. The minimum absolute atomic E-state index is 0.0351. The Labute approximate surface area is 152 Å². The first-order chi connectivity index (χ1) is 12.5. The van der Waals surface area contributed by atoms with Gasteiger partial charge >= 0.3 is 12.0 Å². The van der Waals surface area contributed by atoms with Gasteiger partial charge in [0.25, 0.3) is 5.91 Å². The second-order valence-corrected chi connectivity index (χ2v) is 7.03. The molecule has 140 valence electrons. The average Bonchev–Trinajstić information content (AvgIpc) is 3.16. The quantitative estimate of drug-likeness (QED) is 0.770. The van der Waals surface area contributed by atoms with Crippen LogP contribution in [0.15, 0.2) is 24.3 Å². The van der Waals surface area contributed by atoms with Crippen molar-refractivity contribution in [2.75, 3.05) is 18.4 Å². The molecular weight excluding hydrogens is 334 g/mol. The summed E-state index contributed by atoms with van der Waals surface area (Å²) in [6.45, 7) is 1.51. The fraction of sp³-hybridized carbons (Fsp3) is 0.526. The fourth-order valence-corrected chi connectivity index (χ4v) is 3.70. The van der Waals surface area contributed by atoms with Gasteiger partial charge < -0.3 is 20.6 Å². The van der Waals surface area contributed by atoms with Crippen molar-refractivity contribution >= 4 is 23.6 Å². The highest BCUT2D eigenvalue weighted by Crippen LogP contribution is 2.25. The van der Waals surface area contributed by atoms with Gasteiger partial charge in [-0.25, -0.2) is 4.79 Å². The first-order valence-corrected chi connectivity index (χ1v) is 9.23. The molecule has 0 radical (unpaired) electrons. The third-order valence-electron chi connectivity index (χ3n) is 5.21. The summed E-state index contributed by atoms with van der Waals surface area (Å²) in [5.41, 5.74) is 1.00. The van der Waals surface area contributed by atoms with Crippen LogP contribution < -0.4 is 10.6 Å². The van der Waals surface area contributed by atoms with Crippen LogP contribution in [0.5, 0.6) is 0 Å². The SMILES string of the molecule is O=C(Nc1ccccc1C(=O)N1CCCC1)NC1CCC(C(=O)O)CC1. The van der Waals surface area contributed by atoms with Gasteiger partial charge in [0.2, 0.25) is 0 Å². The van der Waals surface area contributed by atoms with Gasteiger partial charge in [0.1, 0.15) is 0 Å². The molecule has 3 amide bonds. The van der Waals surface area contributed by atoms with Crippen molar-refractivity contribution < 1.29 is 19.5 Å². The molecule has 0 atom stereocenters. The molecule has 1 aromatic carbocycles. The normalized spacial score (nSPS) is 22.7. The molecule has 0 bridgehead atoms. The van der Waals surface area contributed by atoms with Crippen LogP contribution in [-0.2, 0) is 4.79 Å². The van der Waals surface area contributed by atoms with Gasteiger partial charge in [-0.1, -0.05) is 12.1 Å². The molecule has 1 aromatic rings. The molecular formula is C19H25N3O4. The number of carboxylic acid groups (broad SMARTS) is 1. The Morgan fingerprint density at radius 2 is 1.65 bits per heavy atom. The molecule has 2 aliphatic rings. The first-order valence-electron chi connectivity index (χ1n) is 9.23. The predicted octanol–water partition coefficient (Wildman–Crippen LogP) is 2.69. The molecule has 2 fully saturated rings. The lowest BCUT2D eigenvalue weighted by molar-refractivity contribution is -0.142. The van der Waals surface area contributed by atoms with E-state index in [1.165, 1.54) is 0 Å². The number of rotatable bonds is 4. The number of aliphatic carboxylic acids is 1. The molecule has 26 heavy (non-hydrogen) atoms. The topological polar surface area (TPSA) is 98.7 Å². The van der Waals surface area contributed by atoms with Gasteiger partial charge in [0.05, 0.1) is 17.2 Å². The Morgan fingerprint density at radius 3 is 2.31 bits per heavy atom. The number of nitrogens with zero attached hydrogens (tertiary/aromatic N) is 1. The second-order valence-electron chi connectivity index (χ2n) is 7.03. The summed E-state index contributed by atoms with van der Waals surface area (Å²) in [7, 11) is 0. The Morgan fingerprint density at radius 1 is 1.00 bits per heavy atom. The van der Waals surface area contributed by atoms with E-state index in [1.807, 2.05) is 4.90 Å². The molecule has 0 aromatic heterocycles. The zero-order valence-corrected chi connectivity index (χ0v) is 14.7. The largest absolute Gasteiger partial charge is 0.481 e. The van der Waals surface area contributed by atoms with Crippen molar-refractivity contribution in [2.24, 2.45) is 5.92 Å². The van der Waals surface area contributed by atoms with E-state index in [2.05, 4.69) is 10.6 Å². The number of anilines is 1. The van der Waals surface area contributed by atoms with Crippen LogP contribution in [0.4, 0.5) is 10.5 Å². The molecule has 3 N–H and O–H groups in total. The van der Waals surface area contributed by atoms with E-state index in [-0.39, 0.29) is 23.9 Å². The highest BCUT2D eigenvalue weighted by atomic mass is 16.4. The van der Waals surface area contributed by atoms with E-state index in [9.17, 15) is 14.4 Å². The molecule has 7 heteroatoms. The number of hydrogen-bond acceptors (Lipinski definition) is 3. The van der Waals surface area contributed by atoms with Gasteiger partial charge in [0.15, 0.2) is 0 Å². The van der Waals surface area contributed by atoms with E-state index < -0.39 is 5.97 Å². The molecule has 0 spiro atoms. The maximum atomic E-state index is 12.6. The van der Waals surface area contributed by atoms with Crippen LogP contribution >= 0.6 is 0 Å². The van der Waals surface area contributed by atoms with Crippen molar-refractivity contribution in [2.45, 2.75) is 44.6 Å². The third kappa shape index (κ3) is 4.33. The standard InChI is InChI=1S/C19H25N3O4/c23-17(22-11-3-4-12-22)15-5-1-2-6-16(15)21-19(26)20-14-9-7-13(8-10-14)18(24)25/h1-2,5-6,13-14H,3-4,7-12H2,(H,24,25)(H2,20,21,26). The number of likely N-dealkylation sites (tertiary alicyclic amines) is 1. The van der Waals surface area contributed by atoms with Gasteiger partial charge in [-0.2, -0.15) is 0 Å². The van der Waals surface area contributed by atoms with Crippen LogP contribution in [0.2, 0.25) is 0 Å². The van der Waals surface area contributed by atoms with Crippen molar-refractivity contribution in [1.29, 1.82) is 0 Å². The zero-order chi connectivity index (χ0) is 18.5. The molecule has 1 saturated carbocycles. The average molecular weight is 359 g/mol. The van der Waals surface area contributed by atoms with Gasteiger partial charge in [-0.05, 0) is 50.7 Å². The Hall–Kier alpha value is -2.57. The van der Waals surface area contributed by atoms with E-state index in [1.54, 1.807) is 24.3 Å². The molecule has 0 unspecified atom stereocenters. The number of carbonyl (C=O) groups excluding carboxylic acids is 2. The summed E-state index contributed by atoms with van der Waals surface area (Å²) in [5.74, 6) is -1.13. The van der Waals surface area contributed by atoms with Gasteiger partial charge in [-0.15, -0.1) is 0 Å². The summed E-state index contributed by atoms with van der Waals surface area (Å²) in [6.07, 6.45) is 4.48. The number of carboxylic acids is 1. The van der Waals surface area contributed by atoms with E-state index in [4.69, 9.17) is 5.11 Å². The van der Waals surface area contributed by atoms with Crippen molar-refractivity contribution in [3.63, 3.8) is 0 Å². The number of benzene rings is 1. The van der Waals surface area contributed by atoms with Crippen LogP contribution in [0.25, 0.3) is 0 Å². The number of nitrogens with one attached hydrogen (secondary N) is 2. The van der Waals surface area contributed by atoms with Crippen LogP contribution in [0.3, 0.4) is 0 Å². The minimum atomic E-state index is -0.762. The summed E-state index contributed by atoms with van der Waals surface area (Å²) in [4.78, 5) is 37.8. The van der Waals surface area contributed by atoms with Crippen molar-refractivity contribution in [3.8, 4) is 0 Å². The van der Waals surface area contributed by atoms with Crippen LogP contribution in [-0.4, -0.2) is 47.0 Å². The molecule has 1 heterocycles. The lowest BCUT2D eigenvalue weighted by atomic mass is 9.86. The van der Waals surface area contributed by atoms with Crippen LogP contribution in [0, 0.1) is 5.92 Å². The maximum absolute atomic E-state index is 12.6. The van der Waals surface area contributed by atoms with Gasteiger partial charge in [-0.3, -0.25) is 9.59 Å². The molecule has 1 aliphatic carbocycles. The molecule has 7 nitrogen and oxygen atoms in total. The Kier molecular flexibility index (Phi) is 5.75. The van der Waals surface area contributed by atoms with Crippen molar-refractivity contribution in [1.82, 2.24) is 10.2 Å². The first kappa shape index (κ1) is 18.2. The third-order valence-corrected chi connectivity index (χ3v) is 5.21. The number of para-hydroxylation sites is 1. The highest BCUT2D eigenvalue weighted by Gasteiger charge is 2.27. The summed E-state index contributed by atoms with van der Waals surface area (Å²) >= 11 is 0. The summed E-state index contributed by atoms with van der Waals surface area (Å²) < 4.78 is 0. The van der Waals surface area contributed by atoms with Gasteiger partial charge in [0, 0.05) is 19.1 Å². The van der Waals surface area contributed by atoms with Crippen LogP contribution in [0.1, 0.15) is 48.9 Å². The summed E-state index contributed by atoms with van der Waals surface area (Å²) in [5, 5.41) is 14.7. The number of urea groups is 1. The highest BCUT2D eigenvalue weighted by molar-refractivity contribution is 6.03. The fourth-order valence-electron chi connectivity index (χ4n) is 3.70. The maximum Gasteiger partial charge on any atom is 0.319 e. The molecule has 1 saturated heterocycles. The van der Waals surface area contributed by atoms with E-state index >= 15 is 0 Å². The lowest BCUT2D eigenvalue weighted by Gasteiger charge is -2.27. The summed E-state index contributed by atoms with van der Waals surface area (Å²) in [6, 6.07) is 6.64. The second kappa shape index (κ2) is 8.21. The minimum Gasteiger partial charge on any atom is -0.481 e. The van der Waals surface area contributed by atoms with E-state index in [0.717, 1.165) is 25.9 Å². The monoisotopic (exact) mass is 359 g/mol.